The third kappa shape index (κ3) is 2.62. The number of amides is 4. The first kappa shape index (κ1) is 19.4. The van der Waals surface area contributed by atoms with Crippen LogP contribution in [0, 0.1) is 47.3 Å². The predicted molar refractivity (Wildman–Crippen MR) is 110 cm³/mol. The van der Waals surface area contributed by atoms with E-state index in [2.05, 4.69) is 31.2 Å². The van der Waals surface area contributed by atoms with Crippen LogP contribution in [0.5, 0.6) is 0 Å². The second-order valence-electron chi connectivity index (χ2n) is 10.2. The summed E-state index contributed by atoms with van der Waals surface area (Å²) in [6, 6.07) is 0. The average Bonchev–Trinajstić information content (AvgIpc) is 3.59. The summed E-state index contributed by atoms with van der Waals surface area (Å²) < 4.78 is 0. The van der Waals surface area contributed by atoms with Crippen LogP contribution < -0.4 is 0 Å². The van der Waals surface area contributed by atoms with Gasteiger partial charge in [-0.05, 0) is 42.9 Å². The van der Waals surface area contributed by atoms with E-state index >= 15 is 0 Å². The van der Waals surface area contributed by atoms with Gasteiger partial charge in [0.2, 0.25) is 23.6 Å². The molecule has 7 heteroatoms. The summed E-state index contributed by atoms with van der Waals surface area (Å²) in [6.07, 6.45) is 12.0. The summed E-state index contributed by atoms with van der Waals surface area (Å²) >= 11 is 0. The van der Waals surface area contributed by atoms with Gasteiger partial charge in [-0.2, -0.15) is 0 Å². The molecular formula is C24H29N3O4. The molecule has 4 aliphatic carbocycles. The van der Waals surface area contributed by atoms with E-state index in [1.165, 1.54) is 9.80 Å². The molecular weight excluding hydrogens is 394 g/mol. The van der Waals surface area contributed by atoms with Gasteiger partial charge >= 0.3 is 0 Å². The summed E-state index contributed by atoms with van der Waals surface area (Å²) in [7, 11) is 0. The minimum Gasteiger partial charge on any atom is -0.274 e. The van der Waals surface area contributed by atoms with Crippen molar-refractivity contribution in [1.29, 1.82) is 0 Å². The molecule has 4 amide bonds. The molecule has 6 aliphatic rings. The van der Waals surface area contributed by atoms with Crippen molar-refractivity contribution in [2.45, 2.75) is 32.6 Å². The molecule has 0 unspecified atom stereocenters. The molecule has 31 heavy (non-hydrogen) atoms. The molecule has 2 saturated carbocycles. The highest BCUT2D eigenvalue weighted by atomic mass is 16.2. The lowest BCUT2D eigenvalue weighted by atomic mass is 9.85. The van der Waals surface area contributed by atoms with Crippen LogP contribution >= 0.6 is 0 Å². The summed E-state index contributed by atoms with van der Waals surface area (Å²) in [5, 5.41) is 0. The molecule has 0 aromatic heterocycles. The Morgan fingerprint density at radius 1 is 0.710 bits per heavy atom. The van der Waals surface area contributed by atoms with Crippen LogP contribution in [0.25, 0.3) is 0 Å². The Kier molecular flexibility index (Phi) is 4.29. The molecule has 0 aromatic rings. The molecule has 2 heterocycles. The number of rotatable bonds is 7. The first-order chi connectivity index (χ1) is 15.0. The van der Waals surface area contributed by atoms with Gasteiger partial charge in [0.15, 0.2) is 0 Å². The van der Waals surface area contributed by atoms with E-state index in [1.807, 2.05) is 4.90 Å². The highest BCUT2D eigenvalue weighted by Gasteiger charge is 2.61. The quantitative estimate of drug-likeness (QED) is 0.459. The molecule has 0 aromatic carbocycles. The molecule has 2 aliphatic heterocycles. The first-order valence-electron chi connectivity index (χ1n) is 11.8. The van der Waals surface area contributed by atoms with Crippen LogP contribution in [0.4, 0.5) is 0 Å². The van der Waals surface area contributed by atoms with Crippen LogP contribution in [-0.4, -0.2) is 58.2 Å². The van der Waals surface area contributed by atoms with Crippen molar-refractivity contribution in [3.8, 4) is 0 Å². The van der Waals surface area contributed by atoms with E-state index in [1.54, 1.807) is 0 Å². The number of fused-ring (bicyclic) bond motifs is 10. The number of allylic oxidation sites excluding steroid dienone is 4. The standard InChI is InChI=1S/C24H29N3O4/c1-2-3-8-25(11-26-21(28)17-13-4-5-14(9-13)18(17)22(26)29)12-27-23(30)19-15-6-7-16(10-15)20(19)24(27)31/h4-7,13-20H,2-3,8-12H2,1H3/t13-,14-,15-,16+,17-,18+,19-,20-/m0/s1. The van der Waals surface area contributed by atoms with Crippen LogP contribution in [0.3, 0.4) is 0 Å². The number of hydrogen-bond acceptors (Lipinski definition) is 5. The van der Waals surface area contributed by atoms with Crippen LogP contribution in [0.2, 0.25) is 0 Å². The van der Waals surface area contributed by atoms with Crippen molar-refractivity contribution in [3.63, 3.8) is 0 Å². The van der Waals surface area contributed by atoms with Gasteiger partial charge in [-0.15, -0.1) is 0 Å². The number of imide groups is 2. The number of unbranched alkanes of at least 4 members (excludes halogenated alkanes) is 1. The molecule has 0 spiro atoms. The number of nitrogens with zero attached hydrogens (tertiary/aromatic N) is 3. The largest absolute Gasteiger partial charge is 0.274 e. The van der Waals surface area contributed by atoms with Crippen molar-refractivity contribution in [2.24, 2.45) is 47.3 Å². The topological polar surface area (TPSA) is 78.0 Å². The third-order valence-corrected chi connectivity index (χ3v) is 8.63. The fourth-order valence-electron chi connectivity index (χ4n) is 7.17. The summed E-state index contributed by atoms with van der Waals surface area (Å²) in [5.41, 5.74) is 0. The highest BCUT2D eigenvalue weighted by Crippen LogP contribution is 2.53. The Bertz CT molecular complexity index is 796. The molecule has 8 atom stereocenters. The van der Waals surface area contributed by atoms with E-state index in [-0.39, 0.29) is 84.3 Å². The Hall–Kier alpha value is -2.28. The lowest BCUT2D eigenvalue weighted by molar-refractivity contribution is -0.146. The number of likely N-dealkylation sites (tertiary alicyclic amines) is 2. The zero-order chi connectivity index (χ0) is 21.4. The van der Waals surface area contributed by atoms with E-state index in [0.717, 1.165) is 25.7 Å². The maximum Gasteiger partial charge on any atom is 0.234 e. The second kappa shape index (κ2) is 6.86. The van der Waals surface area contributed by atoms with Gasteiger partial charge < -0.3 is 0 Å². The number of carbonyl (C=O) groups is 4. The molecule has 4 bridgehead atoms. The fourth-order valence-corrected chi connectivity index (χ4v) is 7.17. The van der Waals surface area contributed by atoms with Crippen LogP contribution in [0.15, 0.2) is 24.3 Å². The van der Waals surface area contributed by atoms with Crippen LogP contribution in [-0.2, 0) is 19.2 Å². The van der Waals surface area contributed by atoms with Crippen LogP contribution in [0.1, 0.15) is 32.6 Å². The van der Waals surface area contributed by atoms with Crippen molar-refractivity contribution >= 4 is 23.6 Å². The molecule has 164 valence electrons. The molecule has 6 rings (SSSR count). The fraction of sp³-hybridized carbons (Fsp3) is 0.667. The van der Waals surface area contributed by atoms with Crippen molar-refractivity contribution in [1.82, 2.24) is 14.7 Å². The van der Waals surface area contributed by atoms with Crippen molar-refractivity contribution in [3.05, 3.63) is 24.3 Å². The average molecular weight is 424 g/mol. The lowest BCUT2D eigenvalue weighted by Gasteiger charge is -2.31. The zero-order valence-electron chi connectivity index (χ0n) is 17.9. The van der Waals surface area contributed by atoms with Crippen molar-refractivity contribution < 1.29 is 19.2 Å². The van der Waals surface area contributed by atoms with E-state index < -0.39 is 0 Å². The minimum atomic E-state index is -0.216. The first-order valence-corrected chi connectivity index (χ1v) is 11.8. The lowest BCUT2D eigenvalue weighted by Crippen LogP contribution is -2.49. The van der Waals surface area contributed by atoms with E-state index in [9.17, 15) is 19.2 Å². The minimum absolute atomic E-state index is 0.0773. The molecule has 0 radical (unpaired) electrons. The second-order valence-corrected chi connectivity index (χ2v) is 10.2. The van der Waals surface area contributed by atoms with Gasteiger partial charge in [-0.1, -0.05) is 37.6 Å². The Morgan fingerprint density at radius 2 is 1.06 bits per heavy atom. The van der Waals surface area contributed by atoms with Crippen molar-refractivity contribution in [2.75, 3.05) is 19.9 Å². The van der Waals surface area contributed by atoms with E-state index in [0.29, 0.717) is 6.54 Å². The van der Waals surface area contributed by atoms with Gasteiger partial charge in [0.1, 0.15) is 0 Å². The van der Waals surface area contributed by atoms with Gasteiger partial charge in [0.05, 0.1) is 37.0 Å². The number of hydrogen-bond donors (Lipinski definition) is 0. The maximum atomic E-state index is 13.1. The summed E-state index contributed by atoms with van der Waals surface area (Å²) in [4.78, 5) is 57.2. The Balaban J connectivity index is 1.19. The SMILES string of the molecule is CCCCN(CN1C(=O)[C@@H]2[C@@H](C1=O)[C@H]1C=C[C@@H]2C1)CN1C(=O)[C@@H]2[C@H](C1=O)[C@H]1C=C[C@H]2C1. The summed E-state index contributed by atoms with van der Waals surface area (Å²) in [6.45, 7) is 3.06. The summed E-state index contributed by atoms with van der Waals surface area (Å²) in [5.74, 6) is -0.434. The normalized spacial score (nSPS) is 41.6. The molecule has 2 saturated heterocycles. The van der Waals surface area contributed by atoms with Gasteiger partial charge in [0.25, 0.3) is 0 Å². The van der Waals surface area contributed by atoms with Gasteiger partial charge in [0, 0.05) is 6.54 Å². The molecule has 0 N–H and O–H groups in total. The Labute approximate surface area is 182 Å². The number of carbonyl (C=O) groups excluding carboxylic acids is 4. The van der Waals surface area contributed by atoms with Gasteiger partial charge in [-0.3, -0.25) is 33.9 Å². The van der Waals surface area contributed by atoms with E-state index in [4.69, 9.17) is 0 Å². The molecule has 4 fully saturated rings. The highest BCUT2D eigenvalue weighted by molar-refractivity contribution is 6.07. The Morgan fingerprint density at radius 3 is 1.39 bits per heavy atom. The maximum absolute atomic E-state index is 13.1. The predicted octanol–water partition coefficient (Wildman–Crippen LogP) is 1.62. The third-order valence-electron chi connectivity index (χ3n) is 8.63. The zero-order valence-corrected chi connectivity index (χ0v) is 17.9. The monoisotopic (exact) mass is 423 g/mol. The van der Waals surface area contributed by atoms with Gasteiger partial charge in [-0.25, -0.2) is 0 Å². The smallest absolute Gasteiger partial charge is 0.234 e. The molecule has 7 nitrogen and oxygen atoms in total.